The first-order valence-corrected chi connectivity index (χ1v) is 9.68. The normalized spacial score (nSPS) is 11.9. The maximum absolute atomic E-state index is 12.7. The van der Waals surface area contributed by atoms with Crippen LogP contribution in [0.15, 0.2) is 51.8 Å². The van der Waals surface area contributed by atoms with Gasteiger partial charge in [0.1, 0.15) is 10.6 Å². The fourth-order valence-electron chi connectivity index (χ4n) is 2.26. The third-order valence-corrected chi connectivity index (χ3v) is 5.32. The Balaban J connectivity index is 2.32. The molecule has 0 unspecified atom stereocenters. The first kappa shape index (κ1) is 19.4. The number of anilines is 1. The molecule has 25 heavy (non-hydrogen) atoms. The SMILES string of the molecule is COc1ccc(NC(=O)C(C)(C)c2ccc(Br)cc2)cc1S(N)(=O)=O. The lowest BCUT2D eigenvalue weighted by atomic mass is 9.83. The Kier molecular flexibility index (Phi) is 5.55. The maximum atomic E-state index is 12.7. The van der Waals surface area contributed by atoms with Gasteiger partial charge in [0, 0.05) is 10.2 Å². The molecule has 6 nitrogen and oxygen atoms in total. The zero-order valence-corrected chi connectivity index (χ0v) is 16.4. The van der Waals surface area contributed by atoms with Crippen LogP contribution >= 0.6 is 15.9 Å². The minimum atomic E-state index is -3.98. The largest absolute Gasteiger partial charge is 0.495 e. The molecule has 0 aromatic heterocycles. The fraction of sp³-hybridized carbons (Fsp3) is 0.235. The number of hydrogen-bond donors (Lipinski definition) is 2. The second-order valence-electron chi connectivity index (χ2n) is 6.00. The van der Waals surface area contributed by atoms with E-state index < -0.39 is 15.4 Å². The van der Waals surface area contributed by atoms with E-state index in [9.17, 15) is 13.2 Å². The number of ether oxygens (including phenoxy) is 1. The minimum Gasteiger partial charge on any atom is -0.495 e. The highest BCUT2D eigenvalue weighted by atomic mass is 79.9. The van der Waals surface area contributed by atoms with Gasteiger partial charge in [0.05, 0.1) is 12.5 Å². The smallest absolute Gasteiger partial charge is 0.241 e. The molecule has 0 aliphatic rings. The standard InChI is InChI=1S/C17H19BrN2O4S/c1-17(2,11-4-6-12(18)7-5-11)16(21)20-13-8-9-14(24-3)15(10-13)25(19,22)23/h4-10H,1-3H3,(H,20,21)(H2,19,22,23). The van der Waals surface area contributed by atoms with Crippen LogP contribution in [0.1, 0.15) is 19.4 Å². The van der Waals surface area contributed by atoms with Gasteiger partial charge in [-0.05, 0) is 49.7 Å². The van der Waals surface area contributed by atoms with E-state index in [1.54, 1.807) is 19.9 Å². The molecular weight excluding hydrogens is 408 g/mol. The van der Waals surface area contributed by atoms with Gasteiger partial charge < -0.3 is 10.1 Å². The summed E-state index contributed by atoms with van der Waals surface area (Å²) in [5, 5.41) is 7.93. The molecule has 0 radical (unpaired) electrons. The van der Waals surface area contributed by atoms with Crippen LogP contribution in [-0.2, 0) is 20.2 Å². The summed E-state index contributed by atoms with van der Waals surface area (Å²) in [5.74, 6) is -0.159. The van der Waals surface area contributed by atoms with Gasteiger partial charge in [-0.15, -0.1) is 0 Å². The summed E-state index contributed by atoms with van der Waals surface area (Å²) < 4.78 is 29.3. The Labute approximate surface area is 155 Å². The van der Waals surface area contributed by atoms with E-state index in [0.717, 1.165) is 10.0 Å². The van der Waals surface area contributed by atoms with Crippen LogP contribution in [0.2, 0.25) is 0 Å². The highest BCUT2D eigenvalue weighted by Gasteiger charge is 2.30. The maximum Gasteiger partial charge on any atom is 0.241 e. The van der Waals surface area contributed by atoms with Crippen molar-refractivity contribution in [2.75, 3.05) is 12.4 Å². The van der Waals surface area contributed by atoms with Crippen molar-refractivity contribution in [2.24, 2.45) is 5.14 Å². The molecule has 0 bridgehead atoms. The van der Waals surface area contributed by atoms with Gasteiger partial charge in [-0.25, -0.2) is 13.6 Å². The third-order valence-electron chi connectivity index (χ3n) is 3.86. The minimum absolute atomic E-state index is 0.118. The van der Waals surface area contributed by atoms with E-state index in [4.69, 9.17) is 9.88 Å². The van der Waals surface area contributed by atoms with Gasteiger partial charge in [0.2, 0.25) is 15.9 Å². The number of rotatable bonds is 5. The number of nitrogens with two attached hydrogens (primary N) is 1. The molecule has 3 N–H and O–H groups in total. The van der Waals surface area contributed by atoms with Gasteiger partial charge in [-0.2, -0.15) is 0 Å². The van der Waals surface area contributed by atoms with Gasteiger partial charge in [-0.1, -0.05) is 28.1 Å². The number of amides is 1. The molecule has 0 saturated heterocycles. The summed E-state index contributed by atoms with van der Waals surface area (Å²) in [5.41, 5.74) is 0.330. The number of halogens is 1. The molecule has 2 rings (SSSR count). The predicted octanol–water partition coefficient (Wildman–Crippen LogP) is 3.02. The summed E-state index contributed by atoms with van der Waals surface area (Å²) in [7, 11) is -2.63. The van der Waals surface area contributed by atoms with Crippen LogP contribution in [0, 0.1) is 0 Å². The average molecular weight is 427 g/mol. The summed E-state index contributed by atoms with van der Waals surface area (Å²) >= 11 is 3.36. The van der Waals surface area contributed by atoms with Crippen molar-refractivity contribution in [3.63, 3.8) is 0 Å². The molecule has 2 aromatic rings. The Bertz CT molecular complexity index is 893. The first-order valence-electron chi connectivity index (χ1n) is 7.34. The molecule has 0 heterocycles. The second kappa shape index (κ2) is 7.15. The number of sulfonamides is 1. The average Bonchev–Trinajstić information content (AvgIpc) is 2.54. The van der Waals surface area contributed by atoms with Crippen LogP contribution in [0.25, 0.3) is 0 Å². The van der Waals surface area contributed by atoms with Crippen LogP contribution in [0.5, 0.6) is 5.75 Å². The van der Waals surface area contributed by atoms with Crippen molar-refractivity contribution in [2.45, 2.75) is 24.2 Å². The molecule has 2 aromatic carbocycles. The molecule has 0 aliphatic heterocycles. The zero-order valence-electron chi connectivity index (χ0n) is 14.0. The number of carbonyl (C=O) groups is 1. The molecule has 0 saturated carbocycles. The lowest BCUT2D eigenvalue weighted by molar-refractivity contribution is -0.120. The number of methoxy groups -OCH3 is 1. The van der Waals surface area contributed by atoms with Crippen molar-refractivity contribution in [3.05, 3.63) is 52.5 Å². The zero-order chi connectivity index (χ0) is 18.8. The summed E-state index contributed by atoms with van der Waals surface area (Å²) in [6.45, 7) is 3.57. The lowest BCUT2D eigenvalue weighted by Gasteiger charge is -2.24. The van der Waals surface area contributed by atoms with Gasteiger partial charge >= 0.3 is 0 Å². The van der Waals surface area contributed by atoms with E-state index >= 15 is 0 Å². The summed E-state index contributed by atoms with van der Waals surface area (Å²) in [6.07, 6.45) is 0. The van der Waals surface area contributed by atoms with Crippen molar-refractivity contribution < 1.29 is 17.9 Å². The highest BCUT2D eigenvalue weighted by Crippen LogP contribution is 2.29. The fourth-order valence-corrected chi connectivity index (χ4v) is 3.25. The molecule has 0 aliphatic carbocycles. The van der Waals surface area contributed by atoms with Crippen molar-refractivity contribution in [1.82, 2.24) is 0 Å². The van der Waals surface area contributed by atoms with Crippen molar-refractivity contribution in [3.8, 4) is 5.75 Å². The van der Waals surface area contributed by atoms with E-state index in [0.29, 0.717) is 5.69 Å². The monoisotopic (exact) mass is 426 g/mol. The molecule has 8 heteroatoms. The van der Waals surface area contributed by atoms with Gasteiger partial charge in [0.25, 0.3) is 0 Å². The van der Waals surface area contributed by atoms with E-state index in [1.165, 1.54) is 19.2 Å². The number of benzene rings is 2. The summed E-state index contributed by atoms with van der Waals surface area (Å²) in [6, 6.07) is 11.7. The third kappa shape index (κ3) is 4.39. The molecule has 0 spiro atoms. The van der Waals surface area contributed by atoms with E-state index in [1.807, 2.05) is 24.3 Å². The second-order valence-corrected chi connectivity index (χ2v) is 8.44. The molecule has 1 amide bonds. The van der Waals surface area contributed by atoms with Crippen LogP contribution < -0.4 is 15.2 Å². The van der Waals surface area contributed by atoms with Crippen molar-refractivity contribution in [1.29, 1.82) is 0 Å². The molecular formula is C17H19BrN2O4S. The quantitative estimate of drug-likeness (QED) is 0.767. The van der Waals surface area contributed by atoms with Gasteiger partial charge in [-0.3, -0.25) is 4.79 Å². The van der Waals surface area contributed by atoms with Crippen LogP contribution in [-0.4, -0.2) is 21.4 Å². The van der Waals surface area contributed by atoms with E-state index in [-0.39, 0.29) is 16.6 Å². The Morgan fingerprint density at radius 3 is 2.28 bits per heavy atom. The highest BCUT2D eigenvalue weighted by molar-refractivity contribution is 9.10. The number of nitrogens with one attached hydrogen (secondary N) is 1. The lowest BCUT2D eigenvalue weighted by Crippen LogP contribution is -2.34. The van der Waals surface area contributed by atoms with Crippen LogP contribution in [0.4, 0.5) is 5.69 Å². The number of carbonyl (C=O) groups excluding carboxylic acids is 1. The van der Waals surface area contributed by atoms with Crippen LogP contribution in [0.3, 0.4) is 0 Å². The number of primary sulfonamides is 1. The molecule has 0 fully saturated rings. The topological polar surface area (TPSA) is 98.5 Å². The molecule has 0 atom stereocenters. The van der Waals surface area contributed by atoms with E-state index in [2.05, 4.69) is 21.2 Å². The molecule has 134 valence electrons. The Morgan fingerprint density at radius 2 is 1.76 bits per heavy atom. The van der Waals surface area contributed by atoms with Crippen molar-refractivity contribution >= 4 is 37.5 Å². The van der Waals surface area contributed by atoms with Gasteiger partial charge in [0.15, 0.2) is 0 Å². The first-order chi connectivity index (χ1) is 11.6. The predicted molar refractivity (Wildman–Crippen MR) is 100 cm³/mol. The Hall–Kier alpha value is -1.90. The Morgan fingerprint density at radius 1 is 1.16 bits per heavy atom. The summed E-state index contributed by atoms with van der Waals surface area (Å²) in [4.78, 5) is 12.5. The number of hydrogen-bond acceptors (Lipinski definition) is 4.